The van der Waals surface area contributed by atoms with Crippen LogP contribution in [0.2, 0.25) is 0 Å². The van der Waals surface area contributed by atoms with E-state index in [1.54, 1.807) is 12.1 Å². The molecule has 1 rings (SSSR count). The number of carbonyl (C=O) groups excluding carboxylic acids is 1. The van der Waals surface area contributed by atoms with Crippen molar-refractivity contribution in [2.45, 2.75) is 19.4 Å². The van der Waals surface area contributed by atoms with Crippen LogP contribution in [0.15, 0.2) is 18.2 Å². The van der Waals surface area contributed by atoms with Gasteiger partial charge in [0.2, 0.25) is 0 Å². The third-order valence-corrected chi connectivity index (χ3v) is 3.89. The number of anilines is 2. The van der Waals surface area contributed by atoms with Gasteiger partial charge in [0, 0.05) is 24.5 Å². The van der Waals surface area contributed by atoms with E-state index >= 15 is 0 Å². The minimum Gasteiger partial charge on any atom is -0.465 e. The van der Waals surface area contributed by atoms with E-state index < -0.39 is 5.97 Å². The molecule has 5 heteroatoms. The molecule has 0 saturated heterocycles. The minimum atomic E-state index is -0.399. The standard InChI is InChI=1S/C14H22N2O2S/c1-10(7-8-19-4)16(2)11-5-6-13(15)12(9-11)14(17)18-3/h5-6,9-10H,7-8,15H2,1-4H3. The minimum absolute atomic E-state index is 0.399. The highest BCUT2D eigenvalue weighted by atomic mass is 32.2. The fraction of sp³-hybridized carbons (Fsp3) is 0.500. The van der Waals surface area contributed by atoms with E-state index in [0.29, 0.717) is 17.3 Å². The molecule has 4 nitrogen and oxygen atoms in total. The Morgan fingerprint density at radius 2 is 2.21 bits per heavy atom. The first kappa shape index (κ1) is 15.7. The van der Waals surface area contributed by atoms with Crippen LogP contribution in [0.1, 0.15) is 23.7 Å². The Morgan fingerprint density at radius 1 is 1.53 bits per heavy atom. The summed E-state index contributed by atoms with van der Waals surface area (Å²) >= 11 is 1.84. The van der Waals surface area contributed by atoms with Crippen LogP contribution in [0.3, 0.4) is 0 Å². The van der Waals surface area contributed by atoms with Crippen LogP contribution >= 0.6 is 11.8 Å². The molecule has 106 valence electrons. The number of thioether (sulfide) groups is 1. The molecular formula is C14H22N2O2S. The zero-order chi connectivity index (χ0) is 14.4. The van der Waals surface area contributed by atoms with Gasteiger partial charge in [0.05, 0.1) is 12.7 Å². The number of benzene rings is 1. The van der Waals surface area contributed by atoms with Crippen molar-refractivity contribution in [1.82, 2.24) is 0 Å². The molecule has 0 amide bonds. The van der Waals surface area contributed by atoms with Crippen molar-refractivity contribution < 1.29 is 9.53 Å². The summed E-state index contributed by atoms with van der Waals surface area (Å²) in [6, 6.07) is 5.87. The Balaban J connectivity index is 2.92. The van der Waals surface area contributed by atoms with Crippen LogP contribution in [0, 0.1) is 0 Å². The summed E-state index contributed by atoms with van der Waals surface area (Å²) in [4.78, 5) is 13.8. The normalized spacial score (nSPS) is 12.0. The summed E-state index contributed by atoms with van der Waals surface area (Å²) in [5.41, 5.74) is 7.64. The van der Waals surface area contributed by atoms with Crippen LogP contribution in [0.4, 0.5) is 11.4 Å². The van der Waals surface area contributed by atoms with Gasteiger partial charge in [-0.25, -0.2) is 4.79 Å². The summed E-state index contributed by atoms with van der Waals surface area (Å²) in [7, 11) is 3.39. The molecule has 1 aromatic carbocycles. The maximum absolute atomic E-state index is 11.6. The van der Waals surface area contributed by atoms with Crippen LogP contribution in [-0.4, -0.2) is 38.2 Å². The molecular weight excluding hydrogens is 260 g/mol. The maximum Gasteiger partial charge on any atom is 0.340 e. The Hall–Kier alpha value is -1.36. The Bertz CT molecular complexity index is 437. The van der Waals surface area contributed by atoms with Gasteiger partial charge in [-0.3, -0.25) is 0 Å². The lowest BCUT2D eigenvalue weighted by Gasteiger charge is -2.27. The zero-order valence-electron chi connectivity index (χ0n) is 12.0. The molecule has 1 aromatic rings. The van der Waals surface area contributed by atoms with E-state index in [1.807, 2.05) is 24.9 Å². The van der Waals surface area contributed by atoms with Crippen LogP contribution in [0.25, 0.3) is 0 Å². The number of methoxy groups -OCH3 is 1. The third-order valence-electron chi connectivity index (χ3n) is 3.25. The largest absolute Gasteiger partial charge is 0.465 e. The number of nitrogen functional groups attached to an aromatic ring is 1. The van der Waals surface area contributed by atoms with Crippen LogP contribution in [-0.2, 0) is 4.74 Å². The lowest BCUT2D eigenvalue weighted by molar-refractivity contribution is 0.0602. The fourth-order valence-corrected chi connectivity index (χ4v) is 2.36. The first-order chi connectivity index (χ1) is 9.01. The highest BCUT2D eigenvalue weighted by molar-refractivity contribution is 7.98. The predicted octanol–water partition coefficient (Wildman–Crippen LogP) is 2.63. The van der Waals surface area contributed by atoms with Crippen molar-refractivity contribution in [1.29, 1.82) is 0 Å². The number of ether oxygens (including phenoxy) is 1. The molecule has 0 aliphatic heterocycles. The van der Waals surface area contributed by atoms with E-state index in [4.69, 9.17) is 10.5 Å². The molecule has 0 aliphatic rings. The molecule has 0 fully saturated rings. The number of esters is 1. The monoisotopic (exact) mass is 282 g/mol. The van der Waals surface area contributed by atoms with Gasteiger partial charge >= 0.3 is 5.97 Å². The van der Waals surface area contributed by atoms with Crippen molar-refractivity contribution in [3.8, 4) is 0 Å². The topological polar surface area (TPSA) is 55.6 Å². The molecule has 0 spiro atoms. The van der Waals surface area contributed by atoms with Crippen molar-refractivity contribution in [2.75, 3.05) is 36.8 Å². The number of rotatable bonds is 6. The van der Waals surface area contributed by atoms with Gasteiger partial charge < -0.3 is 15.4 Å². The Kier molecular flexibility index (Phi) is 6.02. The average molecular weight is 282 g/mol. The molecule has 0 heterocycles. The second-order valence-corrected chi connectivity index (χ2v) is 5.49. The molecule has 0 aliphatic carbocycles. The Morgan fingerprint density at radius 3 is 2.79 bits per heavy atom. The predicted molar refractivity (Wildman–Crippen MR) is 83.1 cm³/mol. The Labute approximate surface area is 119 Å². The first-order valence-electron chi connectivity index (χ1n) is 6.20. The number of hydrogen-bond acceptors (Lipinski definition) is 5. The smallest absolute Gasteiger partial charge is 0.340 e. The third kappa shape index (κ3) is 4.06. The summed E-state index contributed by atoms with van der Waals surface area (Å²) in [6.45, 7) is 2.17. The van der Waals surface area contributed by atoms with Gasteiger partial charge in [0.25, 0.3) is 0 Å². The van der Waals surface area contributed by atoms with Crippen molar-refractivity contribution >= 4 is 29.1 Å². The number of carbonyl (C=O) groups is 1. The van der Waals surface area contributed by atoms with E-state index in [1.165, 1.54) is 7.11 Å². The quantitative estimate of drug-likeness (QED) is 0.642. The lowest BCUT2D eigenvalue weighted by Crippen LogP contribution is -2.29. The summed E-state index contributed by atoms with van der Waals surface area (Å²) in [5, 5.41) is 0. The second kappa shape index (κ2) is 7.28. The highest BCUT2D eigenvalue weighted by Gasteiger charge is 2.15. The zero-order valence-corrected chi connectivity index (χ0v) is 12.8. The van der Waals surface area contributed by atoms with Gasteiger partial charge in [-0.15, -0.1) is 0 Å². The lowest BCUT2D eigenvalue weighted by atomic mass is 10.1. The molecule has 19 heavy (non-hydrogen) atoms. The average Bonchev–Trinajstić information content (AvgIpc) is 2.43. The number of nitrogens with two attached hydrogens (primary N) is 1. The molecule has 0 bridgehead atoms. The molecule has 1 unspecified atom stereocenters. The van der Waals surface area contributed by atoms with Gasteiger partial charge in [0.1, 0.15) is 0 Å². The SMILES string of the molecule is COC(=O)c1cc(N(C)C(C)CCSC)ccc1N. The molecule has 2 N–H and O–H groups in total. The first-order valence-corrected chi connectivity index (χ1v) is 7.60. The highest BCUT2D eigenvalue weighted by Crippen LogP contribution is 2.23. The molecule has 0 saturated carbocycles. The summed E-state index contributed by atoms with van der Waals surface area (Å²) in [5.74, 6) is 0.717. The number of nitrogens with zero attached hydrogens (tertiary/aromatic N) is 1. The summed E-state index contributed by atoms with van der Waals surface area (Å²) < 4.78 is 4.74. The van der Waals surface area contributed by atoms with Gasteiger partial charge in [-0.2, -0.15) is 11.8 Å². The molecule has 0 radical (unpaired) electrons. The maximum atomic E-state index is 11.6. The van der Waals surface area contributed by atoms with E-state index in [9.17, 15) is 4.79 Å². The van der Waals surface area contributed by atoms with Crippen molar-refractivity contribution in [3.05, 3.63) is 23.8 Å². The van der Waals surface area contributed by atoms with Crippen molar-refractivity contribution in [2.24, 2.45) is 0 Å². The fourth-order valence-electron chi connectivity index (χ4n) is 1.79. The molecule has 1 atom stereocenters. The second-order valence-electron chi connectivity index (χ2n) is 4.50. The van der Waals surface area contributed by atoms with E-state index in [-0.39, 0.29) is 0 Å². The van der Waals surface area contributed by atoms with Gasteiger partial charge in [0.15, 0.2) is 0 Å². The van der Waals surface area contributed by atoms with E-state index in [0.717, 1.165) is 17.9 Å². The van der Waals surface area contributed by atoms with Gasteiger partial charge in [-0.05, 0) is 43.6 Å². The van der Waals surface area contributed by atoms with Crippen molar-refractivity contribution in [3.63, 3.8) is 0 Å². The van der Waals surface area contributed by atoms with E-state index in [2.05, 4.69) is 18.1 Å². The molecule has 0 aromatic heterocycles. The van der Waals surface area contributed by atoms with Crippen LogP contribution in [0.5, 0.6) is 0 Å². The summed E-state index contributed by atoms with van der Waals surface area (Å²) in [6.07, 6.45) is 3.20. The van der Waals surface area contributed by atoms with Crippen LogP contribution < -0.4 is 10.6 Å². The number of hydrogen-bond donors (Lipinski definition) is 1. The van der Waals surface area contributed by atoms with Gasteiger partial charge in [-0.1, -0.05) is 0 Å².